The van der Waals surface area contributed by atoms with Crippen LogP contribution < -0.4 is 5.32 Å². The normalized spacial score (nSPS) is 10.4. The van der Waals surface area contributed by atoms with Crippen molar-refractivity contribution in [3.8, 4) is 0 Å². The lowest BCUT2D eigenvalue weighted by atomic mass is 10.2. The Morgan fingerprint density at radius 1 is 1.35 bits per heavy atom. The molecular weight excluding hydrogens is 238 g/mol. The summed E-state index contributed by atoms with van der Waals surface area (Å²) in [6.07, 6.45) is 4.43. The molecule has 2 N–H and O–H groups in total. The van der Waals surface area contributed by atoms with Gasteiger partial charge in [-0.2, -0.15) is 11.8 Å². The standard InChI is InChI=1S/C12H13NO3S/c1-17-8-11(14)13-10-5-2-9(3-6-10)4-7-12(15)16/h2-7H,8H2,1H3,(H,13,14)(H,15,16)/b7-4-. The van der Waals surface area contributed by atoms with Crippen LogP contribution in [0, 0.1) is 0 Å². The number of anilines is 1. The van der Waals surface area contributed by atoms with E-state index in [-0.39, 0.29) is 5.91 Å². The Balaban J connectivity index is 2.62. The molecule has 1 amide bonds. The van der Waals surface area contributed by atoms with Crippen molar-refractivity contribution in [3.63, 3.8) is 0 Å². The Morgan fingerprint density at radius 3 is 2.53 bits per heavy atom. The number of carboxylic acids is 1. The number of aliphatic carboxylic acids is 1. The molecule has 1 aromatic carbocycles. The number of hydrogen-bond acceptors (Lipinski definition) is 3. The first-order valence-corrected chi connectivity index (χ1v) is 6.31. The van der Waals surface area contributed by atoms with E-state index in [1.807, 2.05) is 6.26 Å². The maximum absolute atomic E-state index is 11.3. The highest BCUT2D eigenvalue weighted by Gasteiger charge is 2.00. The molecule has 0 radical (unpaired) electrons. The fourth-order valence-corrected chi connectivity index (χ4v) is 1.51. The third-order valence-corrected chi connectivity index (χ3v) is 2.44. The van der Waals surface area contributed by atoms with Gasteiger partial charge in [0.1, 0.15) is 0 Å². The maximum atomic E-state index is 11.3. The van der Waals surface area contributed by atoms with Crippen LogP contribution in [0.1, 0.15) is 5.56 Å². The number of rotatable bonds is 5. The smallest absolute Gasteiger partial charge is 0.328 e. The highest BCUT2D eigenvalue weighted by molar-refractivity contribution is 7.99. The summed E-state index contributed by atoms with van der Waals surface area (Å²) in [7, 11) is 0. The molecule has 17 heavy (non-hydrogen) atoms. The van der Waals surface area contributed by atoms with E-state index in [0.717, 1.165) is 11.6 Å². The Morgan fingerprint density at radius 2 is 2.00 bits per heavy atom. The van der Waals surface area contributed by atoms with E-state index in [1.165, 1.54) is 17.8 Å². The summed E-state index contributed by atoms with van der Waals surface area (Å²) in [5.74, 6) is -0.616. The first-order valence-electron chi connectivity index (χ1n) is 4.91. The zero-order valence-corrected chi connectivity index (χ0v) is 10.2. The number of carboxylic acid groups (broad SMARTS) is 1. The molecule has 4 nitrogen and oxygen atoms in total. The molecule has 0 saturated heterocycles. The Bertz CT molecular complexity index is 426. The van der Waals surface area contributed by atoms with Crippen molar-refractivity contribution >= 4 is 35.4 Å². The molecule has 0 bridgehead atoms. The van der Waals surface area contributed by atoms with Gasteiger partial charge in [0, 0.05) is 11.8 Å². The monoisotopic (exact) mass is 251 g/mol. The molecule has 0 aromatic heterocycles. The van der Waals surface area contributed by atoms with Crippen LogP contribution in [-0.2, 0) is 9.59 Å². The molecule has 0 aliphatic rings. The fraction of sp³-hybridized carbons (Fsp3) is 0.167. The van der Waals surface area contributed by atoms with Crippen LogP contribution in [0.3, 0.4) is 0 Å². The van der Waals surface area contributed by atoms with Gasteiger partial charge in [0.05, 0.1) is 5.75 Å². The summed E-state index contributed by atoms with van der Waals surface area (Å²) in [5.41, 5.74) is 1.48. The molecule has 1 rings (SSSR count). The molecule has 0 unspecified atom stereocenters. The molecule has 0 spiro atoms. The minimum atomic E-state index is -0.984. The van der Waals surface area contributed by atoms with Crippen molar-refractivity contribution in [2.45, 2.75) is 0 Å². The molecule has 90 valence electrons. The van der Waals surface area contributed by atoms with Crippen LogP contribution >= 0.6 is 11.8 Å². The van der Waals surface area contributed by atoms with E-state index >= 15 is 0 Å². The van der Waals surface area contributed by atoms with Gasteiger partial charge >= 0.3 is 5.97 Å². The summed E-state index contributed by atoms with van der Waals surface area (Å²) in [6.45, 7) is 0. The topological polar surface area (TPSA) is 66.4 Å². The first kappa shape index (κ1) is 13.3. The van der Waals surface area contributed by atoms with E-state index in [2.05, 4.69) is 5.32 Å². The molecule has 0 aliphatic heterocycles. The van der Waals surface area contributed by atoms with Crippen LogP contribution in [0.2, 0.25) is 0 Å². The van der Waals surface area contributed by atoms with Gasteiger partial charge in [-0.25, -0.2) is 4.79 Å². The number of carbonyl (C=O) groups is 2. The summed E-state index contributed by atoms with van der Waals surface area (Å²) in [4.78, 5) is 21.6. The van der Waals surface area contributed by atoms with Gasteiger partial charge in [0.2, 0.25) is 5.91 Å². The number of amides is 1. The minimum Gasteiger partial charge on any atom is -0.478 e. The van der Waals surface area contributed by atoms with E-state index in [1.54, 1.807) is 24.3 Å². The Kier molecular flexibility index (Phi) is 5.29. The van der Waals surface area contributed by atoms with Crippen LogP contribution in [-0.4, -0.2) is 29.0 Å². The van der Waals surface area contributed by atoms with Crippen LogP contribution in [0.4, 0.5) is 5.69 Å². The first-order chi connectivity index (χ1) is 8.11. The Labute approximate surface area is 104 Å². The molecule has 0 atom stereocenters. The highest BCUT2D eigenvalue weighted by atomic mass is 32.2. The average molecular weight is 251 g/mol. The number of carbonyl (C=O) groups excluding carboxylic acids is 1. The predicted molar refractivity (Wildman–Crippen MR) is 70.1 cm³/mol. The average Bonchev–Trinajstić information content (AvgIpc) is 2.28. The molecule has 0 heterocycles. The zero-order chi connectivity index (χ0) is 12.7. The largest absolute Gasteiger partial charge is 0.478 e. The second kappa shape index (κ2) is 6.75. The van der Waals surface area contributed by atoms with Gasteiger partial charge in [0.15, 0.2) is 0 Å². The molecule has 0 saturated carbocycles. The van der Waals surface area contributed by atoms with Crippen molar-refractivity contribution in [1.82, 2.24) is 0 Å². The van der Waals surface area contributed by atoms with Crippen molar-refractivity contribution in [2.75, 3.05) is 17.3 Å². The zero-order valence-electron chi connectivity index (χ0n) is 9.34. The van der Waals surface area contributed by atoms with Gasteiger partial charge in [-0.1, -0.05) is 12.1 Å². The lowest BCUT2D eigenvalue weighted by molar-refractivity contribution is -0.131. The van der Waals surface area contributed by atoms with E-state index < -0.39 is 5.97 Å². The third kappa shape index (κ3) is 5.21. The third-order valence-electron chi connectivity index (χ3n) is 1.89. The van der Waals surface area contributed by atoms with Gasteiger partial charge < -0.3 is 10.4 Å². The SMILES string of the molecule is CSCC(=O)Nc1ccc(/C=C\C(=O)O)cc1. The molecule has 0 fully saturated rings. The van der Waals surface area contributed by atoms with E-state index in [4.69, 9.17) is 5.11 Å². The second-order valence-electron chi connectivity index (χ2n) is 3.27. The number of benzene rings is 1. The number of nitrogens with one attached hydrogen (secondary N) is 1. The van der Waals surface area contributed by atoms with Crippen molar-refractivity contribution < 1.29 is 14.7 Å². The highest BCUT2D eigenvalue weighted by Crippen LogP contribution is 2.11. The fourth-order valence-electron chi connectivity index (χ4n) is 1.17. The van der Waals surface area contributed by atoms with Gasteiger partial charge in [-0.15, -0.1) is 0 Å². The number of thioether (sulfide) groups is 1. The van der Waals surface area contributed by atoms with Gasteiger partial charge in [-0.05, 0) is 30.0 Å². The van der Waals surface area contributed by atoms with Gasteiger partial charge in [-0.3, -0.25) is 4.79 Å². The van der Waals surface area contributed by atoms with Crippen LogP contribution in [0.25, 0.3) is 6.08 Å². The predicted octanol–water partition coefficient (Wildman–Crippen LogP) is 2.09. The van der Waals surface area contributed by atoms with Crippen molar-refractivity contribution in [2.24, 2.45) is 0 Å². The molecule has 0 aliphatic carbocycles. The second-order valence-corrected chi connectivity index (χ2v) is 4.14. The van der Waals surface area contributed by atoms with E-state index in [0.29, 0.717) is 11.4 Å². The summed E-state index contributed by atoms with van der Waals surface area (Å²) in [6, 6.07) is 6.96. The minimum absolute atomic E-state index is 0.0497. The maximum Gasteiger partial charge on any atom is 0.328 e. The lowest BCUT2D eigenvalue weighted by Crippen LogP contribution is -2.13. The summed E-state index contributed by atoms with van der Waals surface area (Å²) < 4.78 is 0. The quantitative estimate of drug-likeness (QED) is 0.786. The van der Waals surface area contributed by atoms with E-state index in [9.17, 15) is 9.59 Å². The molecular formula is C12H13NO3S. The summed E-state index contributed by atoms with van der Waals surface area (Å²) in [5, 5.41) is 11.2. The molecule has 5 heteroatoms. The van der Waals surface area contributed by atoms with Crippen LogP contribution in [0.5, 0.6) is 0 Å². The van der Waals surface area contributed by atoms with Crippen LogP contribution in [0.15, 0.2) is 30.3 Å². The van der Waals surface area contributed by atoms with Crippen molar-refractivity contribution in [1.29, 1.82) is 0 Å². The summed E-state index contributed by atoms with van der Waals surface area (Å²) >= 11 is 1.45. The van der Waals surface area contributed by atoms with Crippen molar-refractivity contribution in [3.05, 3.63) is 35.9 Å². The number of hydrogen-bond donors (Lipinski definition) is 2. The lowest BCUT2D eigenvalue weighted by Gasteiger charge is -2.03. The van der Waals surface area contributed by atoms with Gasteiger partial charge in [0.25, 0.3) is 0 Å². The molecule has 1 aromatic rings. The Hall–Kier alpha value is -1.75.